The van der Waals surface area contributed by atoms with Crippen molar-refractivity contribution in [1.82, 2.24) is 0 Å². The van der Waals surface area contributed by atoms with Gasteiger partial charge in [0.25, 0.3) is 0 Å². The number of rotatable bonds is 7. The normalized spacial score (nSPS) is 21.7. The molecule has 82 valence electrons. The zero-order valence-electron chi connectivity index (χ0n) is 9.12. The van der Waals surface area contributed by atoms with Gasteiger partial charge in [0.2, 0.25) is 0 Å². The Morgan fingerprint density at radius 1 is 1.57 bits per heavy atom. The van der Waals surface area contributed by atoms with Gasteiger partial charge in [-0.1, -0.05) is 33.1 Å². The average Bonchev–Trinajstić information content (AvgIpc) is 3.01. The first-order valence-corrected chi connectivity index (χ1v) is 5.56. The van der Waals surface area contributed by atoms with Gasteiger partial charge in [0.15, 0.2) is 6.10 Å². The van der Waals surface area contributed by atoms with Gasteiger partial charge in [-0.15, -0.1) is 0 Å². The summed E-state index contributed by atoms with van der Waals surface area (Å²) in [7, 11) is 0. The van der Waals surface area contributed by atoms with Crippen LogP contribution in [0.15, 0.2) is 0 Å². The standard InChI is InChI=1S/C11H20O3/c1-3-5-6-9(4-2)7-14-11(12)10-8-13-10/h9-10H,3-8H2,1-2H3/t9-,10-/m1/s1. The molecule has 1 heterocycles. The van der Waals surface area contributed by atoms with E-state index in [0.717, 1.165) is 12.8 Å². The van der Waals surface area contributed by atoms with E-state index in [2.05, 4.69) is 13.8 Å². The topological polar surface area (TPSA) is 38.8 Å². The van der Waals surface area contributed by atoms with Crippen molar-refractivity contribution in [2.45, 2.75) is 45.6 Å². The molecule has 3 nitrogen and oxygen atoms in total. The van der Waals surface area contributed by atoms with E-state index in [9.17, 15) is 4.79 Å². The van der Waals surface area contributed by atoms with Gasteiger partial charge in [-0.2, -0.15) is 0 Å². The largest absolute Gasteiger partial charge is 0.463 e. The quantitative estimate of drug-likeness (QED) is 0.467. The zero-order chi connectivity index (χ0) is 10.4. The summed E-state index contributed by atoms with van der Waals surface area (Å²) in [6.07, 6.45) is 4.41. The number of hydrogen-bond acceptors (Lipinski definition) is 3. The van der Waals surface area contributed by atoms with E-state index in [1.807, 2.05) is 0 Å². The van der Waals surface area contributed by atoms with Gasteiger partial charge in [0, 0.05) is 0 Å². The van der Waals surface area contributed by atoms with E-state index in [-0.39, 0.29) is 12.1 Å². The number of carbonyl (C=O) groups excluding carboxylic acids is 1. The van der Waals surface area contributed by atoms with E-state index < -0.39 is 0 Å². The third-order valence-corrected chi connectivity index (χ3v) is 2.60. The van der Waals surface area contributed by atoms with E-state index >= 15 is 0 Å². The molecular formula is C11H20O3. The van der Waals surface area contributed by atoms with Gasteiger partial charge >= 0.3 is 5.97 Å². The highest BCUT2D eigenvalue weighted by molar-refractivity contribution is 5.76. The first-order chi connectivity index (χ1) is 6.77. The lowest BCUT2D eigenvalue weighted by molar-refractivity contribution is -0.146. The van der Waals surface area contributed by atoms with Crippen LogP contribution in [0.2, 0.25) is 0 Å². The van der Waals surface area contributed by atoms with Crippen molar-refractivity contribution in [2.75, 3.05) is 13.2 Å². The molecule has 14 heavy (non-hydrogen) atoms. The highest BCUT2D eigenvalue weighted by Gasteiger charge is 2.33. The van der Waals surface area contributed by atoms with Gasteiger partial charge < -0.3 is 9.47 Å². The molecule has 0 bridgehead atoms. The molecule has 2 atom stereocenters. The molecule has 0 unspecified atom stereocenters. The van der Waals surface area contributed by atoms with Gasteiger partial charge in [0.05, 0.1) is 13.2 Å². The van der Waals surface area contributed by atoms with Crippen LogP contribution in [-0.4, -0.2) is 25.3 Å². The molecule has 0 amide bonds. The Kier molecular flexibility index (Phi) is 4.94. The van der Waals surface area contributed by atoms with Crippen molar-refractivity contribution in [1.29, 1.82) is 0 Å². The van der Waals surface area contributed by atoms with Crippen LogP contribution in [0.5, 0.6) is 0 Å². The molecule has 0 spiro atoms. The van der Waals surface area contributed by atoms with Crippen molar-refractivity contribution in [3.8, 4) is 0 Å². The molecule has 0 saturated carbocycles. The van der Waals surface area contributed by atoms with Gasteiger partial charge in [0.1, 0.15) is 0 Å². The molecule has 1 rings (SSSR count). The molecule has 1 aliphatic heterocycles. The van der Waals surface area contributed by atoms with Crippen LogP contribution >= 0.6 is 0 Å². The molecule has 1 fully saturated rings. The summed E-state index contributed by atoms with van der Waals surface area (Å²) >= 11 is 0. The second-order valence-electron chi connectivity index (χ2n) is 3.87. The second-order valence-corrected chi connectivity index (χ2v) is 3.87. The highest BCUT2D eigenvalue weighted by Crippen LogP contribution is 2.15. The Morgan fingerprint density at radius 3 is 2.79 bits per heavy atom. The Morgan fingerprint density at radius 2 is 2.29 bits per heavy atom. The highest BCUT2D eigenvalue weighted by atomic mass is 16.6. The maximum Gasteiger partial charge on any atom is 0.337 e. The molecule has 0 aromatic heterocycles. The van der Waals surface area contributed by atoms with E-state index in [0.29, 0.717) is 19.1 Å². The number of carbonyl (C=O) groups is 1. The molecule has 0 aliphatic carbocycles. The van der Waals surface area contributed by atoms with Gasteiger partial charge in [-0.05, 0) is 12.3 Å². The number of epoxide rings is 1. The van der Waals surface area contributed by atoms with Crippen molar-refractivity contribution in [3.63, 3.8) is 0 Å². The summed E-state index contributed by atoms with van der Waals surface area (Å²) in [4.78, 5) is 11.2. The maximum atomic E-state index is 11.2. The molecule has 0 N–H and O–H groups in total. The first kappa shape index (κ1) is 11.5. The van der Waals surface area contributed by atoms with Crippen molar-refractivity contribution >= 4 is 5.97 Å². The van der Waals surface area contributed by atoms with Crippen LogP contribution in [0, 0.1) is 5.92 Å². The minimum absolute atomic E-state index is 0.181. The summed E-state index contributed by atoms with van der Waals surface area (Å²) in [5.41, 5.74) is 0. The minimum Gasteiger partial charge on any atom is -0.463 e. The second kappa shape index (κ2) is 6.02. The summed E-state index contributed by atoms with van der Waals surface area (Å²) in [6.45, 7) is 5.43. The summed E-state index contributed by atoms with van der Waals surface area (Å²) in [6, 6.07) is 0. The summed E-state index contributed by atoms with van der Waals surface area (Å²) < 4.78 is 9.99. The fourth-order valence-electron chi connectivity index (χ4n) is 1.38. The van der Waals surface area contributed by atoms with Crippen LogP contribution in [0.4, 0.5) is 0 Å². The Labute approximate surface area is 85.8 Å². The Hall–Kier alpha value is -0.570. The molecular weight excluding hydrogens is 180 g/mol. The zero-order valence-corrected chi connectivity index (χ0v) is 9.12. The van der Waals surface area contributed by atoms with Gasteiger partial charge in [-0.3, -0.25) is 0 Å². The lowest BCUT2D eigenvalue weighted by atomic mass is 10.0. The van der Waals surface area contributed by atoms with Crippen LogP contribution in [-0.2, 0) is 14.3 Å². The maximum absolute atomic E-state index is 11.2. The van der Waals surface area contributed by atoms with Crippen LogP contribution in [0.25, 0.3) is 0 Å². The predicted octanol–water partition coefficient (Wildman–Crippen LogP) is 2.14. The van der Waals surface area contributed by atoms with E-state index in [4.69, 9.17) is 9.47 Å². The van der Waals surface area contributed by atoms with Gasteiger partial charge in [-0.25, -0.2) is 4.79 Å². The van der Waals surface area contributed by atoms with Crippen LogP contribution < -0.4 is 0 Å². The lowest BCUT2D eigenvalue weighted by Gasteiger charge is -2.13. The Balaban J connectivity index is 2.09. The Bertz CT molecular complexity index is 175. The van der Waals surface area contributed by atoms with Crippen LogP contribution in [0.1, 0.15) is 39.5 Å². The predicted molar refractivity (Wildman–Crippen MR) is 54.0 cm³/mol. The fraction of sp³-hybridized carbons (Fsp3) is 0.909. The fourth-order valence-corrected chi connectivity index (χ4v) is 1.38. The molecule has 0 radical (unpaired) electrons. The number of ether oxygens (including phenoxy) is 2. The minimum atomic E-state index is -0.251. The summed E-state index contributed by atoms with van der Waals surface area (Å²) in [5.74, 6) is 0.345. The smallest absolute Gasteiger partial charge is 0.337 e. The number of esters is 1. The monoisotopic (exact) mass is 200 g/mol. The molecule has 1 saturated heterocycles. The summed E-state index contributed by atoms with van der Waals surface area (Å²) in [5, 5.41) is 0. The third-order valence-electron chi connectivity index (χ3n) is 2.60. The first-order valence-electron chi connectivity index (χ1n) is 5.56. The van der Waals surface area contributed by atoms with E-state index in [1.54, 1.807) is 0 Å². The molecule has 3 heteroatoms. The number of hydrogen-bond donors (Lipinski definition) is 0. The molecule has 0 aromatic carbocycles. The van der Waals surface area contributed by atoms with Crippen LogP contribution in [0.3, 0.4) is 0 Å². The molecule has 1 aliphatic rings. The van der Waals surface area contributed by atoms with Crippen molar-refractivity contribution in [2.24, 2.45) is 5.92 Å². The number of unbranched alkanes of at least 4 members (excludes halogenated alkanes) is 1. The van der Waals surface area contributed by atoms with E-state index in [1.165, 1.54) is 12.8 Å². The SMILES string of the molecule is CCCC[C@@H](CC)COC(=O)[C@H]1CO1. The average molecular weight is 200 g/mol. The van der Waals surface area contributed by atoms with Crippen molar-refractivity contribution in [3.05, 3.63) is 0 Å². The van der Waals surface area contributed by atoms with Crippen molar-refractivity contribution < 1.29 is 14.3 Å². The molecule has 0 aromatic rings. The lowest BCUT2D eigenvalue weighted by Crippen LogP contribution is -2.17. The third kappa shape index (κ3) is 4.09.